The number of aromatic nitrogens is 1. The van der Waals surface area contributed by atoms with Crippen molar-refractivity contribution in [1.82, 2.24) is 9.99 Å². The van der Waals surface area contributed by atoms with E-state index in [4.69, 9.17) is 0 Å². The lowest BCUT2D eigenvalue weighted by molar-refractivity contribution is 0.0950. The minimum atomic E-state index is -0.705. The van der Waals surface area contributed by atoms with Gasteiger partial charge < -0.3 is 9.67 Å². The summed E-state index contributed by atoms with van der Waals surface area (Å²) in [5.74, 6) is -1.02. The average Bonchev–Trinajstić information content (AvgIpc) is 2.53. The number of nitrogens with zero attached hydrogens (tertiary/aromatic N) is 2. The molecule has 1 heterocycles. The van der Waals surface area contributed by atoms with Crippen LogP contribution in [-0.2, 0) is 6.54 Å². The molecule has 0 bridgehead atoms. The van der Waals surface area contributed by atoms with E-state index in [-0.39, 0.29) is 11.3 Å². The summed E-state index contributed by atoms with van der Waals surface area (Å²) in [6.07, 6.45) is 0.684. The number of para-hydroxylation sites is 1. The molecule has 0 radical (unpaired) electrons. The van der Waals surface area contributed by atoms with E-state index >= 15 is 0 Å². The van der Waals surface area contributed by atoms with E-state index in [1.165, 1.54) is 4.57 Å². The molecular weight excluding hydrogens is 282 g/mol. The summed E-state index contributed by atoms with van der Waals surface area (Å²) < 4.78 is 1.46. The molecule has 116 valence electrons. The first-order valence-corrected chi connectivity index (χ1v) is 7.19. The van der Waals surface area contributed by atoms with Crippen LogP contribution in [0.3, 0.4) is 0 Å². The molecule has 2 N–H and O–H groups in total. The van der Waals surface area contributed by atoms with Gasteiger partial charge in [-0.1, -0.05) is 19.1 Å². The molecule has 0 saturated carbocycles. The van der Waals surface area contributed by atoms with E-state index < -0.39 is 11.5 Å². The Labute approximate surface area is 128 Å². The number of carbonyl (C=O) groups excluding carboxylic acids is 1. The molecule has 0 spiro atoms. The average molecular weight is 301 g/mol. The number of fused-ring (bicyclic) bond motifs is 1. The smallest absolute Gasteiger partial charge is 0.280 e. The second-order valence-electron chi connectivity index (χ2n) is 4.93. The van der Waals surface area contributed by atoms with Crippen molar-refractivity contribution in [2.45, 2.75) is 33.7 Å². The van der Waals surface area contributed by atoms with Gasteiger partial charge in [0, 0.05) is 17.6 Å². The van der Waals surface area contributed by atoms with Crippen LogP contribution in [-0.4, -0.2) is 21.3 Å². The first-order valence-electron chi connectivity index (χ1n) is 7.19. The van der Waals surface area contributed by atoms with Gasteiger partial charge in [-0.3, -0.25) is 9.59 Å². The lowest BCUT2D eigenvalue weighted by Crippen LogP contribution is -2.31. The monoisotopic (exact) mass is 301 g/mol. The number of benzene rings is 1. The zero-order valence-electron chi connectivity index (χ0n) is 12.9. The molecule has 0 aliphatic rings. The standard InChI is InChI=1S/C16H19N3O3/c1-4-10(3)17-18-15(21)13-14(20)11-8-6-7-9-12(11)19(5-2)16(13)22/h6-9,20H,4-5H2,1-3H3,(H,18,21)/b17-10-. The summed E-state index contributed by atoms with van der Waals surface area (Å²) in [4.78, 5) is 24.7. The molecule has 1 amide bonds. The van der Waals surface area contributed by atoms with Crippen molar-refractivity contribution in [2.75, 3.05) is 0 Å². The number of carbonyl (C=O) groups is 1. The predicted molar refractivity (Wildman–Crippen MR) is 86.4 cm³/mol. The molecule has 2 rings (SSSR count). The molecule has 0 saturated heterocycles. The van der Waals surface area contributed by atoms with Crippen LogP contribution in [0.25, 0.3) is 10.9 Å². The maximum atomic E-state index is 12.5. The van der Waals surface area contributed by atoms with Crippen LogP contribution in [0.1, 0.15) is 37.6 Å². The molecule has 22 heavy (non-hydrogen) atoms. The first-order chi connectivity index (χ1) is 10.5. The summed E-state index contributed by atoms with van der Waals surface area (Å²) in [5.41, 5.74) is 2.83. The summed E-state index contributed by atoms with van der Waals surface area (Å²) >= 11 is 0. The molecule has 6 heteroatoms. The number of nitrogens with one attached hydrogen (secondary N) is 1. The molecule has 0 aliphatic carbocycles. The second kappa shape index (κ2) is 6.43. The van der Waals surface area contributed by atoms with E-state index in [9.17, 15) is 14.7 Å². The van der Waals surface area contributed by atoms with Gasteiger partial charge in [-0.25, -0.2) is 5.43 Å². The van der Waals surface area contributed by atoms with Crippen LogP contribution in [0.4, 0.5) is 0 Å². The molecule has 0 aliphatic heterocycles. The number of hydrogen-bond acceptors (Lipinski definition) is 4. The number of hydrogen-bond donors (Lipinski definition) is 2. The minimum Gasteiger partial charge on any atom is -0.506 e. The molecule has 6 nitrogen and oxygen atoms in total. The van der Waals surface area contributed by atoms with Crippen molar-refractivity contribution in [3.05, 3.63) is 40.2 Å². The quantitative estimate of drug-likeness (QED) is 0.671. The molecule has 0 atom stereocenters. The highest BCUT2D eigenvalue weighted by molar-refractivity contribution is 6.02. The largest absolute Gasteiger partial charge is 0.506 e. The Balaban J connectivity index is 2.64. The molecule has 0 unspecified atom stereocenters. The zero-order valence-corrected chi connectivity index (χ0v) is 12.9. The van der Waals surface area contributed by atoms with Gasteiger partial charge in [-0.05, 0) is 32.4 Å². The zero-order chi connectivity index (χ0) is 16.3. The van der Waals surface area contributed by atoms with Gasteiger partial charge in [0.2, 0.25) is 0 Å². The van der Waals surface area contributed by atoms with Gasteiger partial charge in [0.05, 0.1) is 5.52 Å². The summed E-state index contributed by atoms with van der Waals surface area (Å²) in [7, 11) is 0. The molecule has 0 fully saturated rings. The van der Waals surface area contributed by atoms with Crippen LogP contribution in [0.5, 0.6) is 5.75 Å². The van der Waals surface area contributed by atoms with Crippen LogP contribution < -0.4 is 11.0 Å². The fourth-order valence-corrected chi connectivity index (χ4v) is 2.19. The van der Waals surface area contributed by atoms with Gasteiger partial charge >= 0.3 is 0 Å². The van der Waals surface area contributed by atoms with E-state index in [1.807, 2.05) is 13.8 Å². The van der Waals surface area contributed by atoms with Gasteiger partial charge in [-0.2, -0.15) is 5.10 Å². The number of rotatable bonds is 4. The lowest BCUT2D eigenvalue weighted by Gasteiger charge is -2.12. The third kappa shape index (κ3) is 2.72. The molecule has 1 aromatic carbocycles. The van der Waals surface area contributed by atoms with Gasteiger partial charge in [0.1, 0.15) is 11.3 Å². The Kier molecular flexibility index (Phi) is 4.60. The van der Waals surface area contributed by atoms with E-state index in [0.717, 1.165) is 5.71 Å². The predicted octanol–water partition coefficient (Wildman–Crippen LogP) is 2.24. The van der Waals surface area contributed by atoms with Crippen molar-refractivity contribution in [3.63, 3.8) is 0 Å². The van der Waals surface area contributed by atoms with Crippen molar-refractivity contribution in [1.29, 1.82) is 0 Å². The van der Waals surface area contributed by atoms with Crippen LogP contribution >= 0.6 is 0 Å². The summed E-state index contributed by atoms with van der Waals surface area (Å²) in [5, 5.41) is 14.7. The Hall–Kier alpha value is -2.63. The van der Waals surface area contributed by atoms with Gasteiger partial charge in [-0.15, -0.1) is 0 Å². The Morgan fingerprint density at radius 3 is 2.64 bits per heavy atom. The van der Waals surface area contributed by atoms with Crippen molar-refractivity contribution < 1.29 is 9.90 Å². The lowest BCUT2D eigenvalue weighted by atomic mass is 10.1. The topological polar surface area (TPSA) is 83.7 Å². The number of hydrazone groups is 1. The maximum absolute atomic E-state index is 12.5. The normalized spacial score (nSPS) is 11.7. The summed E-state index contributed by atoms with van der Waals surface area (Å²) in [6, 6.07) is 6.93. The van der Waals surface area contributed by atoms with Gasteiger partial charge in [0.25, 0.3) is 11.5 Å². The minimum absolute atomic E-state index is 0.284. The van der Waals surface area contributed by atoms with Crippen LogP contribution in [0.2, 0.25) is 0 Å². The highest BCUT2D eigenvalue weighted by Crippen LogP contribution is 2.26. The van der Waals surface area contributed by atoms with E-state index in [1.54, 1.807) is 31.2 Å². The number of aromatic hydroxyl groups is 1. The van der Waals surface area contributed by atoms with Crippen molar-refractivity contribution in [2.24, 2.45) is 5.10 Å². The number of pyridine rings is 1. The van der Waals surface area contributed by atoms with E-state index in [0.29, 0.717) is 23.9 Å². The third-order valence-electron chi connectivity index (χ3n) is 3.55. The van der Waals surface area contributed by atoms with Crippen LogP contribution in [0.15, 0.2) is 34.2 Å². The second-order valence-corrected chi connectivity index (χ2v) is 4.93. The van der Waals surface area contributed by atoms with E-state index in [2.05, 4.69) is 10.5 Å². The summed E-state index contributed by atoms with van der Waals surface area (Å²) in [6.45, 7) is 5.89. The highest BCUT2D eigenvalue weighted by atomic mass is 16.3. The Morgan fingerprint density at radius 2 is 2.00 bits per heavy atom. The maximum Gasteiger partial charge on any atom is 0.280 e. The van der Waals surface area contributed by atoms with Crippen molar-refractivity contribution >= 4 is 22.5 Å². The highest BCUT2D eigenvalue weighted by Gasteiger charge is 2.21. The Morgan fingerprint density at radius 1 is 1.32 bits per heavy atom. The fourth-order valence-electron chi connectivity index (χ4n) is 2.19. The first kappa shape index (κ1) is 15.8. The molecule has 2 aromatic rings. The third-order valence-corrected chi connectivity index (χ3v) is 3.55. The van der Waals surface area contributed by atoms with Gasteiger partial charge in [0.15, 0.2) is 0 Å². The number of amides is 1. The number of aryl methyl sites for hydroxylation is 1. The Bertz CT molecular complexity index is 806. The van der Waals surface area contributed by atoms with Crippen molar-refractivity contribution in [3.8, 4) is 5.75 Å². The SMILES string of the molecule is CC/C(C)=N\NC(=O)c1c(O)c2ccccc2n(CC)c1=O. The van der Waals surface area contributed by atoms with Crippen LogP contribution in [0, 0.1) is 0 Å². The molecular formula is C16H19N3O3. The molecule has 1 aromatic heterocycles. The fraction of sp³-hybridized carbons (Fsp3) is 0.312.